The molecule has 0 bridgehead atoms. The number of phenolic OH excluding ortho intramolecular Hbond substituents is 1. The van der Waals surface area contributed by atoms with Crippen LogP contribution in [0.1, 0.15) is 36.2 Å². The van der Waals surface area contributed by atoms with Crippen LogP contribution in [0.5, 0.6) is 5.75 Å². The largest absolute Gasteiger partial charge is 0.508 e. The quantitative estimate of drug-likeness (QED) is 0.116. The average Bonchev–Trinajstić information content (AvgIpc) is 3.53. The number of hydrogen-bond acceptors (Lipinski definition) is 10. The van der Waals surface area contributed by atoms with Crippen LogP contribution in [-0.2, 0) is 27.4 Å². The number of ether oxygens (including phenoxy) is 2. The van der Waals surface area contributed by atoms with Gasteiger partial charge in [0.1, 0.15) is 36.0 Å². The zero-order valence-corrected chi connectivity index (χ0v) is 30.2. The van der Waals surface area contributed by atoms with Gasteiger partial charge in [-0.15, -0.1) is 0 Å². The third kappa shape index (κ3) is 8.47. The molecule has 0 fully saturated rings. The minimum Gasteiger partial charge on any atom is -0.508 e. The van der Waals surface area contributed by atoms with E-state index < -0.39 is 0 Å². The topological polar surface area (TPSA) is 164 Å². The van der Waals surface area contributed by atoms with Gasteiger partial charge in [0, 0.05) is 56.3 Å². The van der Waals surface area contributed by atoms with E-state index in [2.05, 4.69) is 21.8 Å². The molecule has 0 aliphatic rings. The minimum atomic E-state index is -0.290. The molecule has 53 heavy (non-hydrogen) atoms. The van der Waals surface area contributed by atoms with Gasteiger partial charge >= 0.3 is 0 Å². The third-order valence-electron chi connectivity index (χ3n) is 8.74. The molecule has 0 atom stereocenters. The van der Waals surface area contributed by atoms with E-state index in [1.54, 1.807) is 70.8 Å². The fraction of sp³-hybridized carbons (Fsp3) is 0.282. The van der Waals surface area contributed by atoms with Gasteiger partial charge in [-0.1, -0.05) is 47.7 Å². The first-order chi connectivity index (χ1) is 25.8. The maximum Gasteiger partial charge on any atom is 0.263 e. The number of nitrogen functional groups attached to an aromatic ring is 1. The molecule has 0 saturated carbocycles. The highest BCUT2D eigenvalue weighted by molar-refractivity contribution is 6.31. The van der Waals surface area contributed by atoms with E-state index in [1.807, 2.05) is 24.3 Å². The number of aromatic nitrogens is 6. The van der Waals surface area contributed by atoms with Gasteiger partial charge in [0.05, 0.1) is 36.0 Å². The number of benzene rings is 3. The van der Waals surface area contributed by atoms with Crippen LogP contribution >= 0.6 is 11.6 Å². The number of halogens is 1. The lowest BCUT2D eigenvalue weighted by atomic mass is 10.1. The van der Waals surface area contributed by atoms with Crippen LogP contribution < -0.4 is 11.3 Å². The molecule has 0 unspecified atom stereocenters. The summed E-state index contributed by atoms with van der Waals surface area (Å²) in [7, 11) is 3.21. The second-order valence-electron chi connectivity index (χ2n) is 12.2. The lowest BCUT2D eigenvalue weighted by molar-refractivity contribution is -0.132. The van der Waals surface area contributed by atoms with Crippen LogP contribution in [0.15, 0.2) is 77.9 Å². The maximum atomic E-state index is 14.5. The predicted octanol–water partition coefficient (Wildman–Crippen LogP) is 4.88. The Balaban J connectivity index is 1.35. The van der Waals surface area contributed by atoms with Gasteiger partial charge in [-0.05, 0) is 54.4 Å². The van der Waals surface area contributed by atoms with Crippen LogP contribution in [0.3, 0.4) is 0 Å². The van der Waals surface area contributed by atoms with Gasteiger partial charge in [0.15, 0.2) is 5.65 Å². The summed E-state index contributed by atoms with van der Waals surface area (Å²) in [6.07, 6.45) is 2.72. The van der Waals surface area contributed by atoms with Crippen molar-refractivity contribution < 1.29 is 19.4 Å². The number of phenols is 1. The van der Waals surface area contributed by atoms with Gasteiger partial charge < -0.3 is 25.2 Å². The molecule has 14 heteroatoms. The molecule has 0 spiro atoms. The smallest absolute Gasteiger partial charge is 0.263 e. The summed E-state index contributed by atoms with van der Waals surface area (Å²) < 4.78 is 13.5. The fourth-order valence-corrected chi connectivity index (χ4v) is 6.19. The number of anilines is 1. The number of carbonyl (C=O) groups is 1. The SMILES string of the molecule is COCCN(CCOC)C(=O)CCCC#Cc1cccc2nc(Cn3nc(-c4ccc(O)cc4)c4c(N)ncnc43)n(Cc3ccccc3Cl)c(=O)c12. The molecule has 3 heterocycles. The first-order valence-electron chi connectivity index (χ1n) is 17.1. The Bertz CT molecular complexity index is 2360. The highest BCUT2D eigenvalue weighted by Gasteiger charge is 2.21. The number of fused-ring (bicyclic) bond motifs is 2. The van der Waals surface area contributed by atoms with E-state index in [-0.39, 0.29) is 36.1 Å². The maximum absolute atomic E-state index is 14.5. The van der Waals surface area contributed by atoms with Crippen LogP contribution in [-0.4, -0.2) is 85.7 Å². The number of carbonyl (C=O) groups excluding carboxylic acids is 1. The standard InChI is InChI=1S/C39H39ClN8O5/c1-52-21-19-46(20-22-53-2)33(50)14-5-3-4-9-26-11-8-13-31-34(26)39(51)47(23-28-10-6-7-12-30(28)40)32(44-31)24-48-38-35(37(41)42-25-43-38)36(45-48)27-15-17-29(49)18-16-27/h6-8,10-13,15-18,25,49H,3,5,14,19-24H2,1-2H3,(H2,41,42,43). The number of unbranched alkanes of at least 4 members (excludes halogenated alkanes) is 1. The molecule has 272 valence electrons. The first-order valence-corrected chi connectivity index (χ1v) is 17.4. The van der Waals surface area contributed by atoms with Crippen LogP contribution in [0, 0.1) is 11.8 Å². The highest BCUT2D eigenvalue weighted by atomic mass is 35.5. The molecule has 0 saturated heterocycles. The van der Waals surface area contributed by atoms with Gasteiger partial charge in [-0.2, -0.15) is 5.10 Å². The number of hydrogen-bond donors (Lipinski definition) is 2. The molecule has 0 radical (unpaired) electrons. The van der Waals surface area contributed by atoms with Gasteiger partial charge in [0.2, 0.25) is 5.91 Å². The molecule has 0 aliphatic carbocycles. The van der Waals surface area contributed by atoms with Crippen molar-refractivity contribution in [3.05, 3.63) is 105 Å². The molecule has 3 aromatic carbocycles. The molecule has 0 aliphatic heterocycles. The summed E-state index contributed by atoms with van der Waals surface area (Å²) in [5, 5.41) is 16.2. The van der Waals surface area contributed by atoms with E-state index in [1.165, 1.54) is 6.33 Å². The number of nitrogens with two attached hydrogens (primary N) is 1. The third-order valence-corrected chi connectivity index (χ3v) is 9.11. The number of methoxy groups -OCH3 is 2. The second kappa shape index (κ2) is 17.1. The van der Waals surface area contributed by atoms with Crippen LogP contribution in [0.2, 0.25) is 5.02 Å². The summed E-state index contributed by atoms with van der Waals surface area (Å²) in [5.74, 6) is 7.11. The average molecular weight is 735 g/mol. The van der Waals surface area contributed by atoms with Crippen molar-refractivity contribution >= 4 is 45.3 Å². The zero-order valence-electron chi connectivity index (χ0n) is 29.5. The molecule has 6 rings (SSSR count). The molecule has 13 nitrogen and oxygen atoms in total. The molecular weight excluding hydrogens is 696 g/mol. The second-order valence-corrected chi connectivity index (χ2v) is 12.6. The monoisotopic (exact) mass is 734 g/mol. The Morgan fingerprint density at radius 3 is 2.45 bits per heavy atom. The van der Waals surface area contributed by atoms with Gasteiger partial charge in [0.25, 0.3) is 5.56 Å². The summed E-state index contributed by atoms with van der Waals surface area (Å²) in [6.45, 7) is 2.09. The van der Waals surface area contributed by atoms with E-state index >= 15 is 0 Å². The predicted molar refractivity (Wildman–Crippen MR) is 204 cm³/mol. The van der Waals surface area contributed by atoms with Crippen molar-refractivity contribution in [2.45, 2.75) is 32.4 Å². The Hall–Kier alpha value is -5.81. The Morgan fingerprint density at radius 2 is 1.72 bits per heavy atom. The Labute approximate surface area is 311 Å². The van der Waals surface area contributed by atoms with Crippen LogP contribution in [0.25, 0.3) is 33.2 Å². The van der Waals surface area contributed by atoms with Crippen molar-refractivity contribution in [1.29, 1.82) is 0 Å². The summed E-state index contributed by atoms with van der Waals surface area (Å²) in [4.78, 5) is 42.8. The normalized spacial score (nSPS) is 11.2. The Kier molecular flexibility index (Phi) is 12.0. The van der Waals surface area contributed by atoms with Gasteiger partial charge in [-0.3, -0.25) is 14.2 Å². The number of amides is 1. The molecule has 3 N–H and O–H groups in total. The Morgan fingerprint density at radius 1 is 0.962 bits per heavy atom. The lowest BCUT2D eigenvalue weighted by Crippen LogP contribution is -2.36. The van der Waals surface area contributed by atoms with E-state index in [9.17, 15) is 14.7 Å². The summed E-state index contributed by atoms with van der Waals surface area (Å²) in [5.41, 5.74) is 9.47. The summed E-state index contributed by atoms with van der Waals surface area (Å²) >= 11 is 6.59. The van der Waals surface area contributed by atoms with Crippen molar-refractivity contribution in [2.75, 3.05) is 46.3 Å². The molecule has 6 aromatic rings. The van der Waals surface area contributed by atoms with E-state index in [4.69, 9.17) is 36.9 Å². The van der Waals surface area contributed by atoms with E-state index in [0.29, 0.717) is 95.2 Å². The van der Waals surface area contributed by atoms with Crippen molar-refractivity contribution in [3.63, 3.8) is 0 Å². The number of aromatic hydroxyl groups is 1. The van der Waals surface area contributed by atoms with Gasteiger partial charge in [-0.25, -0.2) is 19.6 Å². The summed E-state index contributed by atoms with van der Waals surface area (Å²) in [6, 6.07) is 19.3. The van der Waals surface area contributed by atoms with E-state index in [0.717, 1.165) is 5.56 Å². The lowest BCUT2D eigenvalue weighted by Gasteiger charge is -2.21. The first kappa shape index (κ1) is 37.0. The number of rotatable bonds is 14. The van der Waals surface area contributed by atoms with Crippen molar-refractivity contribution in [1.82, 2.24) is 34.2 Å². The zero-order chi connectivity index (χ0) is 37.3. The van der Waals surface area contributed by atoms with Crippen molar-refractivity contribution in [3.8, 4) is 28.8 Å². The van der Waals surface area contributed by atoms with Crippen molar-refractivity contribution in [2.24, 2.45) is 0 Å². The fourth-order valence-electron chi connectivity index (χ4n) is 6.00. The molecule has 1 amide bonds. The minimum absolute atomic E-state index is 0.0135. The molecular formula is C39H39ClN8O5. The number of nitrogens with zero attached hydrogens (tertiary/aromatic N) is 7. The highest BCUT2D eigenvalue weighted by Crippen LogP contribution is 2.31. The van der Waals surface area contributed by atoms with Crippen LogP contribution in [0.4, 0.5) is 5.82 Å². The molecule has 3 aromatic heterocycles.